The zero-order chi connectivity index (χ0) is 20.4. The lowest BCUT2D eigenvalue weighted by Gasteiger charge is -2.15. The van der Waals surface area contributed by atoms with E-state index in [9.17, 15) is 0 Å². The van der Waals surface area contributed by atoms with Crippen LogP contribution in [0.5, 0.6) is 5.75 Å². The van der Waals surface area contributed by atoms with E-state index in [1.807, 2.05) is 30.3 Å². The molecule has 0 radical (unpaired) electrons. The van der Waals surface area contributed by atoms with Gasteiger partial charge in [0.15, 0.2) is 5.76 Å². The van der Waals surface area contributed by atoms with Gasteiger partial charge in [0.25, 0.3) is 0 Å². The summed E-state index contributed by atoms with van der Waals surface area (Å²) < 4.78 is 17.0. The molecule has 1 aliphatic heterocycles. The third-order valence-corrected chi connectivity index (χ3v) is 4.73. The highest BCUT2D eigenvalue weighted by atomic mass is 35.5. The lowest BCUT2D eigenvalue weighted by molar-refractivity contribution is 0.0857. The molecular formula is C21H19ClN4O3. The molecule has 1 aromatic heterocycles. The molecular weight excluding hydrogens is 392 g/mol. The average molecular weight is 411 g/mol. The van der Waals surface area contributed by atoms with E-state index in [-0.39, 0.29) is 18.6 Å². The number of aromatic nitrogens is 2. The molecule has 0 saturated heterocycles. The third kappa shape index (κ3) is 3.77. The smallest absolute Gasteiger partial charge is 0.230 e. The first-order chi connectivity index (χ1) is 14.1. The van der Waals surface area contributed by atoms with Crippen molar-refractivity contribution < 1.29 is 14.2 Å². The van der Waals surface area contributed by atoms with E-state index < -0.39 is 0 Å². The van der Waals surface area contributed by atoms with Gasteiger partial charge < -0.3 is 25.7 Å². The fourth-order valence-corrected chi connectivity index (χ4v) is 3.38. The largest absolute Gasteiger partial charge is 0.496 e. The van der Waals surface area contributed by atoms with Crippen LogP contribution < -0.4 is 16.2 Å². The Hall–Kier alpha value is -3.45. The maximum atomic E-state index is 6.25. The van der Waals surface area contributed by atoms with E-state index >= 15 is 0 Å². The normalized spacial score (nSPS) is 13.2. The summed E-state index contributed by atoms with van der Waals surface area (Å²) >= 11 is 6.22. The lowest BCUT2D eigenvalue weighted by Crippen LogP contribution is -2.08. The van der Waals surface area contributed by atoms with Crippen LogP contribution in [0.4, 0.5) is 11.8 Å². The highest BCUT2D eigenvalue weighted by molar-refractivity contribution is 6.31. The molecule has 1 aliphatic rings. The van der Waals surface area contributed by atoms with Gasteiger partial charge in [-0.1, -0.05) is 41.9 Å². The van der Waals surface area contributed by atoms with Crippen LogP contribution in [0.25, 0.3) is 17.0 Å². The van der Waals surface area contributed by atoms with E-state index in [1.165, 1.54) is 0 Å². The second-order valence-electron chi connectivity index (χ2n) is 6.36. The quantitative estimate of drug-likeness (QED) is 0.657. The second kappa shape index (κ2) is 7.89. The maximum absolute atomic E-state index is 6.25. The van der Waals surface area contributed by atoms with Crippen LogP contribution in [0.3, 0.4) is 0 Å². The first kappa shape index (κ1) is 18.9. The highest BCUT2D eigenvalue weighted by Gasteiger charge is 2.28. The summed E-state index contributed by atoms with van der Waals surface area (Å²) in [4.78, 5) is 8.54. The fraction of sp³-hybridized carbons (Fsp3) is 0.143. The van der Waals surface area contributed by atoms with Crippen LogP contribution in [-0.4, -0.2) is 23.9 Å². The molecule has 0 atom stereocenters. The van der Waals surface area contributed by atoms with Crippen LogP contribution in [0, 0.1) is 0 Å². The minimum absolute atomic E-state index is 0.0346. The van der Waals surface area contributed by atoms with Gasteiger partial charge in [-0.05, 0) is 23.8 Å². The Balaban J connectivity index is 1.90. The molecule has 4 N–H and O–H groups in total. The monoisotopic (exact) mass is 410 g/mol. The number of rotatable bonds is 5. The summed E-state index contributed by atoms with van der Waals surface area (Å²) in [6, 6.07) is 15.1. The topological polar surface area (TPSA) is 106 Å². The summed E-state index contributed by atoms with van der Waals surface area (Å²) in [6.07, 6.45) is 0.534. The van der Waals surface area contributed by atoms with Crippen molar-refractivity contribution >= 4 is 29.1 Å². The summed E-state index contributed by atoms with van der Waals surface area (Å²) in [5, 5.41) is 0.518. The number of hydrogen-bond acceptors (Lipinski definition) is 7. The Labute approximate surface area is 172 Å². The van der Waals surface area contributed by atoms with E-state index in [4.69, 9.17) is 37.3 Å². The van der Waals surface area contributed by atoms with Crippen molar-refractivity contribution in [3.63, 3.8) is 0 Å². The van der Waals surface area contributed by atoms with Gasteiger partial charge in [0.2, 0.25) is 12.7 Å². The summed E-state index contributed by atoms with van der Waals surface area (Å²) in [6.45, 7) is 0.0768. The Morgan fingerprint density at radius 2 is 1.86 bits per heavy atom. The zero-order valence-electron chi connectivity index (χ0n) is 15.7. The van der Waals surface area contributed by atoms with E-state index in [0.717, 1.165) is 5.56 Å². The van der Waals surface area contributed by atoms with Gasteiger partial charge in [0, 0.05) is 17.0 Å². The fourth-order valence-electron chi connectivity index (χ4n) is 3.21. The van der Waals surface area contributed by atoms with Gasteiger partial charge in [0.05, 0.1) is 18.4 Å². The molecule has 8 heteroatoms. The van der Waals surface area contributed by atoms with Crippen LogP contribution in [0.2, 0.25) is 5.02 Å². The Morgan fingerprint density at radius 3 is 2.62 bits per heavy atom. The van der Waals surface area contributed by atoms with E-state index in [2.05, 4.69) is 9.97 Å². The van der Waals surface area contributed by atoms with Crippen molar-refractivity contribution in [2.45, 2.75) is 6.42 Å². The Bertz CT molecular complexity index is 1090. The van der Waals surface area contributed by atoms with Gasteiger partial charge in [0.1, 0.15) is 17.3 Å². The van der Waals surface area contributed by atoms with Crippen molar-refractivity contribution in [2.75, 3.05) is 25.4 Å². The SMILES string of the molecule is COc1ccc(Cl)cc1-c1nc(N)nc(N)c1C1=C(Cc2ccccc2)OCO1. The predicted molar refractivity (Wildman–Crippen MR) is 112 cm³/mol. The van der Waals surface area contributed by atoms with Crippen molar-refractivity contribution in [1.29, 1.82) is 0 Å². The number of ether oxygens (including phenoxy) is 3. The number of benzene rings is 2. The minimum atomic E-state index is 0.0346. The van der Waals surface area contributed by atoms with Gasteiger partial charge in [-0.2, -0.15) is 4.98 Å². The summed E-state index contributed by atoms with van der Waals surface area (Å²) in [5.74, 6) is 1.90. The molecule has 29 heavy (non-hydrogen) atoms. The molecule has 0 bridgehead atoms. The van der Waals surface area contributed by atoms with Crippen molar-refractivity contribution in [2.24, 2.45) is 0 Å². The molecule has 7 nitrogen and oxygen atoms in total. The number of methoxy groups -OCH3 is 1. The molecule has 0 unspecified atom stereocenters. The molecule has 0 aliphatic carbocycles. The number of nitrogen functional groups attached to an aromatic ring is 2. The third-order valence-electron chi connectivity index (χ3n) is 4.50. The van der Waals surface area contributed by atoms with Gasteiger partial charge in [-0.3, -0.25) is 0 Å². The van der Waals surface area contributed by atoms with E-state index in [1.54, 1.807) is 25.3 Å². The minimum Gasteiger partial charge on any atom is -0.496 e. The number of nitrogens with zero attached hydrogens (tertiary/aromatic N) is 2. The summed E-state index contributed by atoms with van der Waals surface area (Å²) in [7, 11) is 1.57. The molecule has 0 amide bonds. The van der Waals surface area contributed by atoms with Crippen LogP contribution in [0.15, 0.2) is 54.3 Å². The molecule has 4 rings (SSSR count). The second-order valence-corrected chi connectivity index (χ2v) is 6.79. The van der Waals surface area contributed by atoms with Crippen molar-refractivity contribution in [3.05, 3.63) is 70.4 Å². The number of hydrogen-bond donors (Lipinski definition) is 2. The zero-order valence-corrected chi connectivity index (χ0v) is 16.4. The number of allylic oxidation sites excluding steroid dienone is 1. The lowest BCUT2D eigenvalue weighted by atomic mass is 10.0. The predicted octanol–water partition coefficient (Wildman–Crippen LogP) is 3.89. The van der Waals surface area contributed by atoms with Gasteiger partial charge in [-0.15, -0.1) is 0 Å². The van der Waals surface area contributed by atoms with E-state index in [0.29, 0.717) is 45.5 Å². The molecule has 0 fully saturated rings. The highest BCUT2D eigenvalue weighted by Crippen LogP contribution is 2.41. The first-order valence-corrected chi connectivity index (χ1v) is 9.24. The Morgan fingerprint density at radius 1 is 1.07 bits per heavy atom. The standard InChI is InChI=1S/C21H19ClN4O3/c1-27-15-8-7-13(22)10-14(15)18-17(20(23)26-21(24)25-18)19-16(28-11-29-19)9-12-5-3-2-4-6-12/h2-8,10H,9,11H2,1H3,(H4,23,24,25,26). The van der Waals surface area contributed by atoms with Crippen molar-refractivity contribution in [1.82, 2.24) is 9.97 Å². The Kier molecular flexibility index (Phi) is 5.14. The van der Waals surface area contributed by atoms with Gasteiger partial charge >= 0.3 is 0 Å². The van der Waals surface area contributed by atoms with Crippen LogP contribution in [-0.2, 0) is 15.9 Å². The number of halogens is 1. The first-order valence-electron chi connectivity index (χ1n) is 8.86. The average Bonchev–Trinajstić information content (AvgIpc) is 3.15. The molecule has 2 heterocycles. The number of anilines is 2. The van der Waals surface area contributed by atoms with Gasteiger partial charge in [-0.25, -0.2) is 4.98 Å². The number of nitrogens with two attached hydrogens (primary N) is 2. The summed E-state index contributed by atoms with van der Waals surface area (Å²) in [5.41, 5.74) is 14.8. The van der Waals surface area contributed by atoms with Crippen molar-refractivity contribution in [3.8, 4) is 17.0 Å². The molecule has 0 saturated carbocycles. The molecule has 2 aromatic carbocycles. The molecule has 3 aromatic rings. The molecule has 0 spiro atoms. The molecule has 148 valence electrons. The van der Waals surface area contributed by atoms with Crippen LogP contribution >= 0.6 is 11.6 Å². The maximum Gasteiger partial charge on any atom is 0.230 e. The van der Waals surface area contributed by atoms with Crippen LogP contribution in [0.1, 0.15) is 11.1 Å².